The first kappa shape index (κ1) is 26.9. The lowest BCUT2D eigenvalue weighted by molar-refractivity contribution is -0.137. The fourth-order valence-corrected chi connectivity index (χ4v) is 6.04. The van der Waals surface area contributed by atoms with Crippen LogP contribution in [0, 0.1) is 5.82 Å². The third kappa shape index (κ3) is 4.47. The van der Waals surface area contributed by atoms with Gasteiger partial charge in [0, 0.05) is 16.3 Å². The van der Waals surface area contributed by atoms with Gasteiger partial charge in [0.25, 0.3) is 0 Å². The highest BCUT2D eigenvalue weighted by Gasteiger charge is 2.31. The number of hydrogen-bond donors (Lipinski definition) is 0. The number of para-hydroxylation sites is 2. The minimum Gasteiger partial charge on any atom is -0.455 e. The molecule has 8 rings (SSSR count). The van der Waals surface area contributed by atoms with Crippen LogP contribution in [0.1, 0.15) is 5.56 Å². The lowest BCUT2D eigenvalue weighted by Crippen LogP contribution is -2.03. The van der Waals surface area contributed by atoms with Crippen molar-refractivity contribution in [2.24, 2.45) is 0 Å². The molecule has 0 N–H and O–H groups in total. The van der Waals surface area contributed by atoms with Crippen molar-refractivity contribution in [3.63, 3.8) is 0 Å². The van der Waals surface area contributed by atoms with Crippen molar-refractivity contribution in [2.75, 3.05) is 0 Å². The maximum Gasteiger partial charge on any atom is 0.416 e. The van der Waals surface area contributed by atoms with Crippen LogP contribution in [0.5, 0.6) is 0 Å². The zero-order chi connectivity index (χ0) is 30.7. The summed E-state index contributed by atoms with van der Waals surface area (Å²) in [5.41, 5.74) is 5.55. The molecule has 0 radical (unpaired) electrons. The van der Waals surface area contributed by atoms with E-state index in [1.165, 1.54) is 12.1 Å². The highest BCUT2D eigenvalue weighted by Crippen LogP contribution is 2.42. The van der Waals surface area contributed by atoms with Crippen molar-refractivity contribution >= 4 is 33.0 Å². The van der Waals surface area contributed by atoms with E-state index < -0.39 is 17.6 Å². The molecule has 2 heterocycles. The van der Waals surface area contributed by atoms with Crippen LogP contribution in [-0.2, 0) is 6.18 Å². The van der Waals surface area contributed by atoms with Crippen molar-refractivity contribution in [1.29, 1.82) is 0 Å². The van der Waals surface area contributed by atoms with Gasteiger partial charge in [-0.3, -0.25) is 4.57 Å². The lowest BCUT2D eigenvalue weighted by Gasteiger charge is -2.17. The number of halogens is 4. The summed E-state index contributed by atoms with van der Waals surface area (Å²) in [6, 6.07) is 39.3. The molecule has 0 saturated heterocycles. The number of fused-ring (bicyclic) bond motifs is 4. The number of nitrogens with zero attached hydrogens (tertiary/aromatic N) is 2. The van der Waals surface area contributed by atoms with Crippen LogP contribution in [0.2, 0.25) is 0 Å². The average Bonchev–Trinajstić information content (AvgIpc) is 3.64. The van der Waals surface area contributed by atoms with Crippen molar-refractivity contribution in [1.82, 2.24) is 9.55 Å². The summed E-state index contributed by atoms with van der Waals surface area (Å²) >= 11 is 0. The number of benzene rings is 6. The maximum absolute atomic E-state index is 15.9. The Kier molecular flexibility index (Phi) is 6.10. The molecule has 0 aliphatic rings. The third-order valence-corrected chi connectivity index (χ3v) is 8.12. The molecule has 8 aromatic rings. The molecular weight excluding hydrogens is 576 g/mol. The third-order valence-electron chi connectivity index (χ3n) is 8.12. The Bertz CT molecular complexity index is 2370. The molecule has 45 heavy (non-hydrogen) atoms. The Morgan fingerprint density at radius 1 is 0.600 bits per heavy atom. The maximum atomic E-state index is 15.9. The van der Waals surface area contributed by atoms with Gasteiger partial charge in [0.1, 0.15) is 28.3 Å². The molecule has 0 atom stereocenters. The molecule has 7 heteroatoms. The largest absolute Gasteiger partial charge is 0.455 e. The predicted octanol–water partition coefficient (Wildman–Crippen LogP) is 11.1. The van der Waals surface area contributed by atoms with E-state index in [1.807, 2.05) is 78.9 Å². The van der Waals surface area contributed by atoms with E-state index in [2.05, 4.69) is 0 Å². The van der Waals surface area contributed by atoms with E-state index in [-0.39, 0.29) is 5.52 Å². The Hall–Kier alpha value is -5.69. The Morgan fingerprint density at radius 3 is 2.09 bits per heavy atom. The second kappa shape index (κ2) is 10.2. The minimum absolute atomic E-state index is 0.280. The zero-order valence-electron chi connectivity index (χ0n) is 23.5. The molecule has 6 aromatic carbocycles. The molecule has 0 aliphatic heterocycles. The van der Waals surface area contributed by atoms with Gasteiger partial charge in [-0.1, -0.05) is 91.0 Å². The number of aromatic nitrogens is 2. The standard InChI is InChI=1S/C38H22F4N2O/c39-31-15-8-16-32-35(31)44(33-21-25(23-9-3-1-4-10-23)17-19-27(33)24-11-5-2-6-12-24)37(43-32)29-14-7-13-28-30-22-26(38(40,41)42)18-20-34(30)45-36(28)29/h1-22H. The van der Waals surface area contributed by atoms with E-state index in [0.717, 1.165) is 34.4 Å². The predicted molar refractivity (Wildman–Crippen MR) is 170 cm³/mol. The Morgan fingerprint density at radius 2 is 1.33 bits per heavy atom. The van der Waals surface area contributed by atoms with Gasteiger partial charge < -0.3 is 4.42 Å². The van der Waals surface area contributed by atoms with Crippen LogP contribution in [0.4, 0.5) is 17.6 Å². The average molecular weight is 599 g/mol. The fourth-order valence-electron chi connectivity index (χ4n) is 6.04. The minimum atomic E-state index is -4.50. The summed E-state index contributed by atoms with van der Waals surface area (Å²) in [6.45, 7) is 0. The van der Waals surface area contributed by atoms with Gasteiger partial charge in [-0.15, -0.1) is 0 Å². The highest BCUT2D eigenvalue weighted by molar-refractivity contribution is 6.10. The number of furan rings is 1. The van der Waals surface area contributed by atoms with E-state index >= 15 is 4.39 Å². The summed E-state index contributed by atoms with van der Waals surface area (Å²) in [6.07, 6.45) is -4.50. The normalized spacial score (nSPS) is 12.0. The van der Waals surface area contributed by atoms with Crippen molar-refractivity contribution in [3.8, 4) is 39.3 Å². The monoisotopic (exact) mass is 598 g/mol. The number of rotatable bonds is 4. The van der Waals surface area contributed by atoms with Crippen LogP contribution < -0.4 is 0 Å². The molecule has 0 bridgehead atoms. The molecule has 0 aliphatic carbocycles. The van der Waals surface area contributed by atoms with Crippen LogP contribution in [0.3, 0.4) is 0 Å². The van der Waals surface area contributed by atoms with Gasteiger partial charge in [-0.25, -0.2) is 9.37 Å². The van der Waals surface area contributed by atoms with E-state index in [0.29, 0.717) is 44.5 Å². The molecule has 0 spiro atoms. The quantitative estimate of drug-likeness (QED) is 0.189. The first-order valence-electron chi connectivity index (χ1n) is 14.3. The van der Waals surface area contributed by atoms with Gasteiger partial charge >= 0.3 is 6.18 Å². The smallest absolute Gasteiger partial charge is 0.416 e. The van der Waals surface area contributed by atoms with Gasteiger partial charge in [0.15, 0.2) is 0 Å². The number of imidazole rings is 1. The second-order valence-electron chi connectivity index (χ2n) is 10.8. The Balaban J connectivity index is 1.46. The van der Waals surface area contributed by atoms with Crippen LogP contribution in [-0.4, -0.2) is 9.55 Å². The first-order chi connectivity index (χ1) is 21.9. The summed E-state index contributed by atoms with van der Waals surface area (Å²) in [7, 11) is 0. The second-order valence-corrected chi connectivity index (χ2v) is 10.8. The lowest BCUT2D eigenvalue weighted by atomic mass is 9.97. The molecule has 0 amide bonds. The number of hydrogen-bond acceptors (Lipinski definition) is 2. The molecule has 0 saturated carbocycles. The van der Waals surface area contributed by atoms with E-state index in [4.69, 9.17) is 9.40 Å². The molecule has 0 fully saturated rings. The zero-order valence-corrected chi connectivity index (χ0v) is 23.5. The topological polar surface area (TPSA) is 31.0 Å². The molecular formula is C38H22F4N2O. The highest BCUT2D eigenvalue weighted by atomic mass is 19.4. The van der Waals surface area contributed by atoms with Crippen LogP contribution in [0.25, 0.3) is 72.3 Å². The van der Waals surface area contributed by atoms with Crippen molar-refractivity contribution in [2.45, 2.75) is 6.18 Å². The molecule has 218 valence electrons. The van der Waals surface area contributed by atoms with E-state index in [1.54, 1.807) is 34.9 Å². The Labute approximate surface area is 254 Å². The summed E-state index contributed by atoms with van der Waals surface area (Å²) in [5.74, 6) is -0.0554. The van der Waals surface area contributed by atoms with Gasteiger partial charge in [-0.2, -0.15) is 13.2 Å². The fraction of sp³-hybridized carbons (Fsp3) is 0.0263. The SMILES string of the molecule is Fc1cccc2nc(-c3cccc4c3oc3ccc(C(F)(F)F)cc34)n(-c3cc(-c4ccccc4)ccc3-c3ccccc3)c12. The number of alkyl halides is 3. The van der Waals surface area contributed by atoms with Crippen LogP contribution in [0.15, 0.2) is 138 Å². The first-order valence-corrected chi connectivity index (χ1v) is 14.3. The summed E-state index contributed by atoms with van der Waals surface area (Å²) in [5, 5.41) is 0.848. The molecule has 3 nitrogen and oxygen atoms in total. The van der Waals surface area contributed by atoms with Crippen LogP contribution >= 0.6 is 0 Å². The van der Waals surface area contributed by atoms with Gasteiger partial charge in [0.05, 0.1) is 22.3 Å². The molecule has 2 aromatic heterocycles. The molecule has 0 unspecified atom stereocenters. The summed E-state index contributed by atoms with van der Waals surface area (Å²) in [4.78, 5) is 4.92. The van der Waals surface area contributed by atoms with Crippen molar-refractivity contribution in [3.05, 3.63) is 145 Å². The van der Waals surface area contributed by atoms with Crippen molar-refractivity contribution < 1.29 is 22.0 Å². The summed E-state index contributed by atoms with van der Waals surface area (Å²) < 4.78 is 64.7. The van der Waals surface area contributed by atoms with Gasteiger partial charge in [0.2, 0.25) is 0 Å². The van der Waals surface area contributed by atoms with E-state index in [9.17, 15) is 13.2 Å². The van der Waals surface area contributed by atoms with Gasteiger partial charge in [-0.05, 0) is 59.2 Å².